The molecule has 0 aliphatic carbocycles. The van der Waals surface area contributed by atoms with Crippen molar-refractivity contribution in [2.45, 2.75) is 71.0 Å². The summed E-state index contributed by atoms with van der Waals surface area (Å²) >= 11 is 7.22. The summed E-state index contributed by atoms with van der Waals surface area (Å²) in [5, 5.41) is 11.3. The molecular weight excluding hydrogens is 586 g/mol. The highest BCUT2D eigenvalue weighted by Crippen LogP contribution is 2.35. The molecule has 4 unspecified atom stereocenters. The van der Waals surface area contributed by atoms with Crippen molar-refractivity contribution >= 4 is 34.9 Å². The lowest BCUT2D eigenvalue weighted by molar-refractivity contribution is 0.365. The normalized spacial score (nSPS) is 18.3. The van der Waals surface area contributed by atoms with E-state index in [2.05, 4.69) is 35.2 Å². The smallest absolute Gasteiger partial charge is 0.124 e. The molecule has 0 amide bonds. The molecule has 6 nitrogen and oxygen atoms in total. The number of hydrogen-bond acceptors (Lipinski definition) is 7. The Bertz CT molecular complexity index is 1250. The Morgan fingerprint density at radius 2 is 2.02 bits per heavy atom. The van der Waals surface area contributed by atoms with Crippen LogP contribution in [0.4, 0.5) is 8.78 Å². The molecule has 4 atom stereocenters. The fraction of sp³-hybridized carbons (Fsp3) is 0.424. The number of fused-ring (bicyclic) bond motifs is 1. The predicted molar refractivity (Wildman–Crippen MR) is 180 cm³/mol. The molecule has 2 aliphatic heterocycles. The topological polar surface area (TPSA) is 104 Å². The Hall–Kier alpha value is -2.85. The predicted octanol–water partition coefficient (Wildman–Crippen LogP) is 7.71. The molecule has 1 aromatic carbocycles. The summed E-state index contributed by atoms with van der Waals surface area (Å²) in [6.07, 6.45) is 8.55. The van der Waals surface area contributed by atoms with E-state index in [1.807, 2.05) is 36.9 Å². The monoisotopic (exact) mass is 630 g/mol. The SMILES string of the molecule is C/C=C\SC(C1=NCC(C(=N)/C=C\CC(C)F)=C2CC(N)CN12)C(C)CC.Fc1cccc(Cl)c1.NCc1ccccn1. The highest BCUT2D eigenvalue weighted by atomic mass is 35.5. The second kappa shape index (κ2) is 19.4. The van der Waals surface area contributed by atoms with E-state index in [-0.39, 0.29) is 17.1 Å². The molecule has 1 fully saturated rings. The summed E-state index contributed by atoms with van der Waals surface area (Å²) in [4.78, 5) is 11.1. The van der Waals surface area contributed by atoms with Gasteiger partial charge in [-0.15, -0.1) is 11.8 Å². The van der Waals surface area contributed by atoms with Crippen molar-refractivity contribution in [2.24, 2.45) is 22.4 Å². The van der Waals surface area contributed by atoms with Crippen molar-refractivity contribution in [2.75, 3.05) is 13.1 Å². The number of hydrogen-bond donors (Lipinski definition) is 3. The van der Waals surface area contributed by atoms with Gasteiger partial charge in [0.2, 0.25) is 0 Å². The van der Waals surface area contributed by atoms with Crippen LogP contribution in [-0.2, 0) is 6.54 Å². The van der Waals surface area contributed by atoms with Gasteiger partial charge in [-0.05, 0) is 68.0 Å². The fourth-order valence-corrected chi connectivity index (χ4v) is 5.67. The standard InChI is InChI=1S/C21H33FN4S.C6H4ClF.C6H8N2/c1-5-10-27-20(14(3)6-2)21-25-12-17(18(24)9-7-8-15(4)22)19-11-16(23)13-26(19)21;7-5-2-1-3-6(8)4-5;7-5-6-3-1-2-4-8-6/h5,7,9-10,14-16,20,24H,6,8,11-13,23H2,1-4H3;1-4H;1-4H,5,7H2/b9-7-,10-5-,24-18?;;. The Balaban J connectivity index is 0.000000324. The van der Waals surface area contributed by atoms with Gasteiger partial charge < -0.3 is 21.8 Å². The molecule has 3 heterocycles. The molecule has 0 bridgehead atoms. The lowest BCUT2D eigenvalue weighted by Crippen LogP contribution is -2.42. The summed E-state index contributed by atoms with van der Waals surface area (Å²) in [6.45, 7) is 9.82. The first kappa shape index (κ1) is 36.3. The average molecular weight is 631 g/mol. The number of pyridine rings is 1. The number of benzene rings is 1. The number of aromatic nitrogens is 1. The summed E-state index contributed by atoms with van der Waals surface area (Å²) in [5.74, 6) is 1.29. The number of rotatable bonds is 10. The minimum Gasteiger partial charge on any atom is -0.331 e. The van der Waals surface area contributed by atoms with Crippen LogP contribution >= 0.6 is 23.4 Å². The van der Waals surface area contributed by atoms with Gasteiger partial charge in [0, 0.05) is 48.0 Å². The summed E-state index contributed by atoms with van der Waals surface area (Å²) in [6, 6.07) is 11.6. The third-order valence-corrected chi connectivity index (χ3v) is 8.42. The van der Waals surface area contributed by atoms with E-state index in [4.69, 9.17) is 33.5 Å². The summed E-state index contributed by atoms with van der Waals surface area (Å²) in [5.41, 5.74) is 15.0. The molecule has 0 radical (unpaired) electrons. The van der Waals surface area contributed by atoms with Crippen molar-refractivity contribution in [3.8, 4) is 0 Å². The average Bonchev–Trinajstić information content (AvgIpc) is 3.39. The fourth-order valence-electron chi connectivity index (χ4n) is 4.39. The number of nitrogens with zero attached hydrogens (tertiary/aromatic N) is 3. The van der Waals surface area contributed by atoms with E-state index in [1.165, 1.54) is 19.1 Å². The third-order valence-electron chi connectivity index (χ3n) is 6.79. The van der Waals surface area contributed by atoms with Crippen molar-refractivity contribution < 1.29 is 8.78 Å². The van der Waals surface area contributed by atoms with Crippen molar-refractivity contribution in [1.29, 1.82) is 5.41 Å². The first-order chi connectivity index (χ1) is 20.6. The molecule has 10 heteroatoms. The molecular formula is C33H45ClF2N6S. The van der Waals surface area contributed by atoms with Crippen LogP contribution in [0, 0.1) is 17.1 Å². The molecule has 1 saturated heterocycles. The first-order valence-corrected chi connectivity index (χ1v) is 15.9. The van der Waals surface area contributed by atoms with Crippen LogP contribution in [0.3, 0.4) is 0 Å². The number of thioether (sulfide) groups is 1. The van der Waals surface area contributed by atoms with Crippen LogP contribution in [-0.4, -0.2) is 52.0 Å². The van der Waals surface area contributed by atoms with Gasteiger partial charge in [0.15, 0.2) is 0 Å². The van der Waals surface area contributed by atoms with Gasteiger partial charge in [0.25, 0.3) is 0 Å². The van der Waals surface area contributed by atoms with Crippen molar-refractivity contribution in [3.63, 3.8) is 0 Å². The van der Waals surface area contributed by atoms with Gasteiger partial charge in [0.1, 0.15) is 17.8 Å². The lowest BCUT2D eigenvalue weighted by Gasteiger charge is -2.34. The largest absolute Gasteiger partial charge is 0.331 e. The van der Waals surface area contributed by atoms with E-state index in [1.54, 1.807) is 30.5 Å². The third kappa shape index (κ3) is 12.3. The maximum atomic E-state index is 13.0. The Morgan fingerprint density at radius 1 is 1.26 bits per heavy atom. The van der Waals surface area contributed by atoms with Crippen LogP contribution in [0.15, 0.2) is 88.6 Å². The molecule has 43 heavy (non-hydrogen) atoms. The van der Waals surface area contributed by atoms with Crippen LogP contribution in [0.2, 0.25) is 5.02 Å². The van der Waals surface area contributed by atoms with E-state index >= 15 is 0 Å². The molecule has 4 rings (SSSR count). The van der Waals surface area contributed by atoms with Crippen LogP contribution in [0.25, 0.3) is 0 Å². The molecule has 234 valence electrons. The van der Waals surface area contributed by atoms with Crippen molar-refractivity contribution in [1.82, 2.24) is 9.88 Å². The van der Waals surface area contributed by atoms with Crippen molar-refractivity contribution in [3.05, 3.63) is 100 Å². The number of amidine groups is 1. The zero-order chi connectivity index (χ0) is 31.8. The molecule has 2 aromatic rings. The Labute approximate surface area is 264 Å². The number of nitrogens with one attached hydrogen (secondary N) is 1. The quantitative estimate of drug-likeness (QED) is 0.233. The zero-order valence-electron chi connectivity index (χ0n) is 25.5. The number of alkyl halides is 1. The minimum atomic E-state index is -0.890. The number of allylic oxidation sites excluding steroid dienone is 3. The van der Waals surface area contributed by atoms with E-state index < -0.39 is 6.17 Å². The minimum absolute atomic E-state index is 0.0604. The van der Waals surface area contributed by atoms with Gasteiger partial charge >= 0.3 is 0 Å². The zero-order valence-corrected chi connectivity index (χ0v) is 27.1. The maximum Gasteiger partial charge on any atom is 0.124 e. The Morgan fingerprint density at radius 3 is 2.56 bits per heavy atom. The van der Waals surface area contributed by atoms with Crippen LogP contribution < -0.4 is 11.5 Å². The first-order valence-electron chi connectivity index (χ1n) is 14.6. The molecule has 5 N–H and O–H groups in total. The molecule has 2 aliphatic rings. The van der Waals surface area contributed by atoms with Gasteiger partial charge in [-0.25, -0.2) is 8.78 Å². The van der Waals surface area contributed by atoms with Gasteiger partial charge in [-0.3, -0.25) is 9.98 Å². The highest BCUT2D eigenvalue weighted by molar-refractivity contribution is 8.03. The van der Waals surface area contributed by atoms with Gasteiger partial charge in [-0.2, -0.15) is 0 Å². The van der Waals surface area contributed by atoms with E-state index in [0.717, 1.165) is 42.2 Å². The molecule has 0 spiro atoms. The second-order valence-electron chi connectivity index (χ2n) is 10.4. The van der Waals surface area contributed by atoms with E-state index in [9.17, 15) is 8.78 Å². The number of halogens is 3. The second-order valence-corrected chi connectivity index (χ2v) is 11.9. The Kier molecular flexibility index (Phi) is 16.4. The summed E-state index contributed by atoms with van der Waals surface area (Å²) < 4.78 is 25.1. The number of nitrogens with two attached hydrogens (primary N) is 2. The lowest BCUT2D eigenvalue weighted by atomic mass is 9.99. The van der Waals surface area contributed by atoms with E-state index in [0.29, 0.717) is 36.2 Å². The highest BCUT2D eigenvalue weighted by Gasteiger charge is 2.37. The van der Waals surface area contributed by atoms with Crippen LogP contribution in [0.5, 0.6) is 0 Å². The van der Waals surface area contributed by atoms with Crippen LogP contribution in [0.1, 0.15) is 52.7 Å². The summed E-state index contributed by atoms with van der Waals surface area (Å²) in [7, 11) is 0. The van der Waals surface area contributed by atoms with Gasteiger partial charge in [-0.1, -0.05) is 56.2 Å². The maximum absolute atomic E-state index is 13.0. The molecule has 1 aromatic heterocycles. The molecule has 0 saturated carbocycles. The van der Waals surface area contributed by atoms with Gasteiger partial charge in [0.05, 0.1) is 23.2 Å². The number of aliphatic imine (C=N–C) groups is 1.